The molecule has 19 heavy (non-hydrogen) atoms. The summed E-state index contributed by atoms with van der Waals surface area (Å²) in [5.41, 5.74) is 0. The molecule has 100 valence electrons. The minimum Gasteiger partial charge on any atom is -0.481 e. The normalized spacial score (nSPS) is 11.6. The number of aliphatic carboxylic acids is 1. The van der Waals surface area contributed by atoms with E-state index in [1.165, 1.54) is 6.07 Å². The number of carboxylic acid groups (broad SMARTS) is 1. The van der Waals surface area contributed by atoms with Gasteiger partial charge in [0, 0.05) is 4.47 Å². The summed E-state index contributed by atoms with van der Waals surface area (Å²) < 4.78 is 24.9. The Morgan fingerprint density at radius 2 is 1.74 bits per heavy atom. The number of halogens is 1. The quantitative estimate of drug-likeness (QED) is 0.927. The lowest BCUT2D eigenvalue weighted by molar-refractivity contribution is -0.136. The molecule has 2 aromatic rings. The van der Waals surface area contributed by atoms with Crippen molar-refractivity contribution < 1.29 is 18.3 Å². The predicted octanol–water partition coefficient (Wildman–Crippen LogP) is 2.85. The number of fused-ring (bicyclic) bond motifs is 1. The number of hydrogen-bond donors (Lipinski definition) is 1. The number of carboxylic acids is 1. The van der Waals surface area contributed by atoms with Crippen molar-refractivity contribution in [2.75, 3.05) is 5.75 Å². The number of benzene rings is 2. The highest BCUT2D eigenvalue weighted by Gasteiger charge is 2.16. The molecule has 0 atom stereocenters. The summed E-state index contributed by atoms with van der Waals surface area (Å²) in [6.07, 6.45) is -0.388. The topological polar surface area (TPSA) is 71.4 Å². The standard InChI is InChI=1S/C13H11BrO4S/c14-11-3-1-10-8-12(4-2-9(10)7-11)19(17,18)6-5-13(15)16/h1-4,7-8H,5-6H2,(H,15,16). The highest BCUT2D eigenvalue weighted by Crippen LogP contribution is 2.23. The Morgan fingerprint density at radius 3 is 2.42 bits per heavy atom. The lowest BCUT2D eigenvalue weighted by atomic mass is 10.1. The van der Waals surface area contributed by atoms with Gasteiger partial charge in [0.25, 0.3) is 0 Å². The van der Waals surface area contributed by atoms with Gasteiger partial charge in [0.2, 0.25) is 0 Å². The van der Waals surface area contributed by atoms with Gasteiger partial charge in [0.15, 0.2) is 9.84 Å². The molecule has 0 amide bonds. The third kappa shape index (κ3) is 3.33. The minimum absolute atomic E-state index is 0.156. The zero-order valence-electron chi connectivity index (χ0n) is 9.84. The average Bonchev–Trinajstić information content (AvgIpc) is 2.36. The first-order valence-electron chi connectivity index (χ1n) is 5.52. The average molecular weight is 343 g/mol. The fourth-order valence-electron chi connectivity index (χ4n) is 1.73. The third-order valence-electron chi connectivity index (χ3n) is 2.72. The maximum Gasteiger partial charge on any atom is 0.304 e. The summed E-state index contributed by atoms with van der Waals surface area (Å²) in [4.78, 5) is 10.6. The molecule has 0 aliphatic heterocycles. The largest absolute Gasteiger partial charge is 0.481 e. The first-order chi connectivity index (χ1) is 8.88. The van der Waals surface area contributed by atoms with Crippen molar-refractivity contribution >= 4 is 42.5 Å². The van der Waals surface area contributed by atoms with E-state index in [0.717, 1.165) is 15.2 Å². The molecular weight excluding hydrogens is 332 g/mol. The van der Waals surface area contributed by atoms with E-state index in [1.54, 1.807) is 12.1 Å². The van der Waals surface area contributed by atoms with Gasteiger partial charge in [-0.25, -0.2) is 8.42 Å². The van der Waals surface area contributed by atoms with Gasteiger partial charge in [0.1, 0.15) is 0 Å². The number of rotatable bonds is 4. The first-order valence-corrected chi connectivity index (χ1v) is 7.97. The highest BCUT2D eigenvalue weighted by atomic mass is 79.9. The Balaban J connectivity index is 2.40. The van der Waals surface area contributed by atoms with Crippen molar-refractivity contribution in [2.45, 2.75) is 11.3 Å². The van der Waals surface area contributed by atoms with Crippen LogP contribution in [0.5, 0.6) is 0 Å². The monoisotopic (exact) mass is 342 g/mol. The molecule has 0 saturated heterocycles. The molecule has 2 rings (SSSR count). The van der Waals surface area contributed by atoms with Crippen LogP contribution in [0.1, 0.15) is 6.42 Å². The van der Waals surface area contributed by atoms with Crippen molar-refractivity contribution in [1.29, 1.82) is 0 Å². The van der Waals surface area contributed by atoms with E-state index < -0.39 is 15.8 Å². The lowest BCUT2D eigenvalue weighted by Gasteiger charge is -2.05. The zero-order chi connectivity index (χ0) is 14.0. The third-order valence-corrected chi connectivity index (χ3v) is 4.92. The molecule has 0 bridgehead atoms. The van der Waals surface area contributed by atoms with Crippen molar-refractivity contribution in [3.05, 3.63) is 40.9 Å². The van der Waals surface area contributed by atoms with Gasteiger partial charge in [-0.3, -0.25) is 4.79 Å². The van der Waals surface area contributed by atoms with Gasteiger partial charge < -0.3 is 5.11 Å². The van der Waals surface area contributed by atoms with Crippen LogP contribution in [0.3, 0.4) is 0 Å². The van der Waals surface area contributed by atoms with Crippen LogP contribution >= 0.6 is 15.9 Å². The van der Waals surface area contributed by atoms with Gasteiger partial charge in [-0.1, -0.05) is 28.1 Å². The maximum absolute atomic E-state index is 12.0. The van der Waals surface area contributed by atoms with Crippen molar-refractivity contribution in [3.8, 4) is 0 Å². The van der Waals surface area contributed by atoms with Crippen molar-refractivity contribution in [2.24, 2.45) is 0 Å². The fourth-order valence-corrected chi connectivity index (χ4v) is 3.37. The smallest absolute Gasteiger partial charge is 0.304 e. The van der Waals surface area contributed by atoms with Crippen LogP contribution in [0.25, 0.3) is 10.8 Å². The number of sulfone groups is 1. The molecule has 2 aromatic carbocycles. The zero-order valence-corrected chi connectivity index (χ0v) is 12.2. The summed E-state index contributed by atoms with van der Waals surface area (Å²) >= 11 is 3.35. The Labute approximate surface area is 119 Å². The summed E-state index contributed by atoms with van der Waals surface area (Å²) in [6, 6.07) is 10.3. The SMILES string of the molecule is O=C(O)CCS(=O)(=O)c1ccc2cc(Br)ccc2c1. The van der Waals surface area contributed by atoms with E-state index in [2.05, 4.69) is 15.9 Å². The molecule has 6 heteroatoms. The van der Waals surface area contributed by atoms with E-state index in [9.17, 15) is 13.2 Å². The van der Waals surface area contributed by atoms with Gasteiger partial charge in [-0.15, -0.1) is 0 Å². The highest BCUT2D eigenvalue weighted by molar-refractivity contribution is 9.10. The predicted molar refractivity (Wildman–Crippen MR) is 76.0 cm³/mol. The lowest BCUT2D eigenvalue weighted by Crippen LogP contribution is -2.10. The van der Waals surface area contributed by atoms with Crippen LogP contribution in [0.2, 0.25) is 0 Å². The molecule has 0 saturated carbocycles. The number of hydrogen-bond acceptors (Lipinski definition) is 3. The Morgan fingerprint density at radius 1 is 1.11 bits per heavy atom. The molecule has 0 aromatic heterocycles. The van der Waals surface area contributed by atoms with E-state index in [0.29, 0.717) is 0 Å². The van der Waals surface area contributed by atoms with Crippen LogP contribution < -0.4 is 0 Å². The van der Waals surface area contributed by atoms with Gasteiger partial charge >= 0.3 is 5.97 Å². The van der Waals surface area contributed by atoms with Gasteiger partial charge in [-0.05, 0) is 35.0 Å². The molecule has 0 aliphatic rings. The molecular formula is C13H11BrO4S. The van der Waals surface area contributed by atoms with Crippen LogP contribution in [0, 0.1) is 0 Å². The van der Waals surface area contributed by atoms with Gasteiger partial charge in [0.05, 0.1) is 17.1 Å². The second-order valence-electron chi connectivity index (χ2n) is 4.12. The van der Waals surface area contributed by atoms with Crippen LogP contribution in [-0.4, -0.2) is 25.2 Å². The van der Waals surface area contributed by atoms with E-state index in [-0.39, 0.29) is 17.1 Å². The molecule has 0 radical (unpaired) electrons. The first kappa shape index (κ1) is 14.0. The summed E-state index contributed by atoms with van der Waals surface area (Å²) in [5.74, 6) is -1.50. The number of carbonyl (C=O) groups is 1. The van der Waals surface area contributed by atoms with Crippen LogP contribution in [0.15, 0.2) is 45.8 Å². The molecule has 0 heterocycles. The summed E-state index contributed by atoms with van der Waals surface area (Å²) in [7, 11) is -3.55. The van der Waals surface area contributed by atoms with Crippen molar-refractivity contribution in [1.82, 2.24) is 0 Å². The maximum atomic E-state index is 12.0. The molecule has 0 fully saturated rings. The molecule has 1 N–H and O–H groups in total. The Kier molecular flexibility index (Phi) is 3.91. The van der Waals surface area contributed by atoms with Crippen LogP contribution in [0.4, 0.5) is 0 Å². The van der Waals surface area contributed by atoms with Gasteiger partial charge in [-0.2, -0.15) is 0 Å². The fraction of sp³-hybridized carbons (Fsp3) is 0.154. The minimum atomic E-state index is -3.55. The molecule has 0 aliphatic carbocycles. The second kappa shape index (κ2) is 5.30. The Hall–Kier alpha value is -1.40. The Bertz CT molecular complexity index is 737. The van der Waals surface area contributed by atoms with E-state index >= 15 is 0 Å². The van der Waals surface area contributed by atoms with Crippen LogP contribution in [-0.2, 0) is 14.6 Å². The van der Waals surface area contributed by atoms with E-state index in [1.807, 2.05) is 18.2 Å². The van der Waals surface area contributed by atoms with E-state index in [4.69, 9.17) is 5.11 Å². The molecule has 4 nitrogen and oxygen atoms in total. The second-order valence-corrected chi connectivity index (χ2v) is 7.14. The van der Waals surface area contributed by atoms with Crippen molar-refractivity contribution in [3.63, 3.8) is 0 Å². The summed E-state index contributed by atoms with van der Waals surface area (Å²) in [5, 5.41) is 10.3. The molecule has 0 spiro atoms. The molecule has 0 unspecified atom stereocenters. The summed E-state index contributed by atoms with van der Waals surface area (Å²) in [6.45, 7) is 0.